The van der Waals surface area contributed by atoms with Gasteiger partial charge >= 0.3 is 0 Å². The van der Waals surface area contributed by atoms with Gasteiger partial charge in [0.15, 0.2) is 0 Å². The van der Waals surface area contributed by atoms with Crippen molar-refractivity contribution in [2.45, 2.75) is 5.41 Å². The van der Waals surface area contributed by atoms with Crippen molar-refractivity contribution < 1.29 is 11.0 Å². The Labute approximate surface area is 371 Å². The maximum absolute atomic E-state index is 10.2. The minimum Gasteiger partial charge on any atom is -0.310 e. The first-order chi connectivity index (χ1) is 33.6. The zero-order valence-corrected chi connectivity index (χ0v) is 33.6. The van der Waals surface area contributed by atoms with Gasteiger partial charge in [-0.3, -0.25) is 0 Å². The van der Waals surface area contributed by atoms with Crippen molar-refractivity contribution in [1.29, 1.82) is 0 Å². The summed E-state index contributed by atoms with van der Waals surface area (Å²) >= 11 is 1.64. The number of thiophene rings is 1. The number of nitrogens with zero attached hydrogens (tertiary/aromatic N) is 1. The van der Waals surface area contributed by atoms with Gasteiger partial charge in [-0.25, -0.2) is 0 Å². The lowest BCUT2D eigenvalue weighted by Gasteiger charge is -2.35. The van der Waals surface area contributed by atoms with Crippen molar-refractivity contribution in [2.75, 3.05) is 4.90 Å². The van der Waals surface area contributed by atoms with E-state index in [2.05, 4.69) is 42.5 Å². The Balaban J connectivity index is 1.18. The lowest BCUT2D eigenvalue weighted by Crippen LogP contribution is -2.28. The average Bonchev–Trinajstić information content (AvgIpc) is 3.91. The molecule has 0 N–H and O–H groups in total. The van der Waals surface area contributed by atoms with Crippen molar-refractivity contribution >= 4 is 59.3 Å². The number of hydrogen-bond donors (Lipinski definition) is 0. The maximum Gasteiger partial charge on any atom is 0.0714 e. The topological polar surface area (TPSA) is 3.24 Å². The summed E-state index contributed by atoms with van der Waals surface area (Å²) in [5.41, 5.74) is 6.38. The van der Waals surface area contributed by atoms with Crippen LogP contribution in [-0.4, -0.2) is 0 Å². The number of anilines is 3. The molecule has 12 rings (SSSR count). The van der Waals surface area contributed by atoms with Crippen LogP contribution in [-0.2, 0) is 5.41 Å². The second-order valence-corrected chi connectivity index (χ2v) is 16.5. The van der Waals surface area contributed by atoms with E-state index < -0.39 is 17.5 Å². The quantitative estimate of drug-likeness (QED) is 0.155. The summed E-state index contributed by atoms with van der Waals surface area (Å²) < 4.78 is 80.1. The van der Waals surface area contributed by atoms with Crippen LogP contribution in [0.4, 0.5) is 17.1 Å². The third-order valence-corrected chi connectivity index (χ3v) is 13.2. The molecule has 0 saturated heterocycles. The first-order valence-corrected chi connectivity index (χ1v) is 21.2. The molecule has 11 aromatic rings. The summed E-state index contributed by atoms with van der Waals surface area (Å²) in [6.07, 6.45) is 0. The van der Waals surface area contributed by atoms with Crippen LogP contribution in [0.25, 0.3) is 64.3 Å². The van der Waals surface area contributed by atoms with Crippen LogP contribution in [0.1, 0.15) is 33.2 Å². The monoisotopic (exact) mass is 801 g/mol. The average molecular weight is 802 g/mol. The molecule has 0 bridgehead atoms. The number of fused-ring (bicyclic) bond motifs is 7. The standard InChI is InChI=1S/C59H39NS/c1-3-18-44(19-4-1)59(45-20-5-2-6-21-45)55-27-11-9-24-51(55)52-35-34-48(39-56(52)59)60(46-32-29-41(30-33-46)50-26-14-16-40-15-7-8-23-49(40)50)47-22-13-17-42(37-47)43-31-36-58-54(38-43)53-25-10-12-28-57(53)61-58/h1-39H/i13D,17D,22D,29D,30D,32D,33D,37D. The molecule has 61 heavy (non-hydrogen) atoms. The molecule has 0 unspecified atom stereocenters. The Hall–Kier alpha value is -7.52. The van der Waals surface area contributed by atoms with Gasteiger partial charge in [0.05, 0.1) is 16.4 Å². The molecule has 1 heterocycles. The van der Waals surface area contributed by atoms with Crippen molar-refractivity contribution in [3.63, 3.8) is 0 Å². The van der Waals surface area contributed by atoms with Gasteiger partial charge in [0.2, 0.25) is 0 Å². The molecule has 286 valence electrons. The molecule has 10 aromatic carbocycles. The lowest BCUT2D eigenvalue weighted by molar-refractivity contribution is 0.768. The van der Waals surface area contributed by atoms with Crippen LogP contribution in [0.3, 0.4) is 0 Å². The van der Waals surface area contributed by atoms with Gasteiger partial charge in [-0.1, -0.05) is 182 Å². The van der Waals surface area contributed by atoms with Crippen molar-refractivity contribution in [3.8, 4) is 33.4 Å². The molecular formula is C59H39NS. The maximum atomic E-state index is 10.2. The van der Waals surface area contributed by atoms with E-state index in [1.807, 2.05) is 140 Å². The summed E-state index contributed by atoms with van der Waals surface area (Å²) in [6.45, 7) is 0. The fraction of sp³-hybridized carbons (Fsp3) is 0.0169. The van der Waals surface area contributed by atoms with Crippen LogP contribution in [0.2, 0.25) is 0 Å². The fourth-order valence-corrected chi connectivity index (χ4v) is 10.5. The first kappa shape index (κ1) is 28.0. The molecule has 0 saturated carbocycles. The summed E-state index contributed by atoms with van der Waals surface area (Å²) in [5.74, 6) is 0. The molecule has 0 atom stereocenters. The SMILES string of the molecule is [2H]c1c([2H])c(-c2ccc3sc4ccccc4c3c2)c([2H])c(N(c2ccc3c(c2)C(c2ccccc2)(c2ccccc2)c2ccccc2-3)c2c([2H])c([2H])c(-c3cccc4ccccc34)c([2H])c2[2H])c1[2H]. The minimum atomic E-state index is -0.869. The second kappa shape index (κ2) is 14.3. The lowest BCUT2D eigenvalue weighted by atomic mass is 9.67. The van der Waals surface area contributed by atoms with Crippen molar-refractivity contribution in [1.82, 2.24) is 0 Å². The van der Waals surface area contributed by atoms with E-state index in [1.165, 1.54) is 4.90 Å². The van der Waals surface area contributed by atoms with Gasteiger partial charge in [0.1, 0.15) is 0 Å². The minimum absolute atomic E-state index is 0.118. The van der Waals surface area contributed by atoms with Crippen LogP contribution in [0.5, 0.6) is 0 Å². The summed E-state index contributed by atoms with van der Waals surface area (Å²) in [5, 5.41) is 3.62. The van der Waals surface area contributed by atoms with E-state index in [9.17, 15) is 11.0 Å². The Morgan fingerprint density at radius 2 is 1.05 bits per heavy atom. The smallest absolute Gasteiger partial charge is 0.0714 e. The Kier molecular flexibility index (Phi) is 6.59. The molecular weight excluding hydrogens is 755 g/mol. The van der Waals surface area contributed by atoms with Crippen LogP contribution < -0.4 is 4.90 Å². The molecule has 0 aliphatic heterocycles. The molecule has 0 fully saturated rings. The second-order valence-electron chi connectivity index (χ2n) is 15.4. The zero-order chi connectivity index (χ0) is 47.3. The summed E-state index contributed by atoms with van der Waals surface area (Å²) in [4.78, 5) is 1.47. The molecule has 0 amide bonds. The highest BCUT2D eigenvalue weighted by Gasteiger charge is 2.46. The van der Waals surface area contributed by atoms with E-state index in [1.54, 1.807) is 17.4 Å². The molecule has 0 radical (unpaired) electrons. The fourth-order valence-electron chi connectivity index (χ4n) is 9.41. The highest BCUT2D eigenvalue weighted by atomic mass is 32.1. The number of benzene rings is 10. The van der Waals surface area contributed by atoms with Gasteiger partial charge < -0.3 is 4.90 Å². The molecule has 0 spiro atoms. The van der Waals surface area contributed by atoms with Gasteiger partial charge in [0.25, 0.3) is 0 Å². The number of hydrogen-bond acceptors (Lipinski definition) is 2. The Morgan fingerprint density at radius 3 is 1.87 bits per heavy atom. The molecule has 1 nitrogen and oxygen atoms in total. The molecule has 1 aliphatic rings. The predicted molar refractivity (Wildman–Crippen MR) is 260 cm³/mol. The van der Waals surface area contributed by atoms with Gasteiger partial charge in [-0.15, -0.1) is 11.3 Å². The summed E-state index contributed by atoms with van der Waals surface area (Å²) in [7, 11) is 0. The van der Waals surface area contributed by atoms with Gasteiger partial charge in [-0.05, 0) is 121 Å². The van der Waals surface area contributed by atoms with Crippen LogP contribution in [0, 0.1) is 0 Å². The van der Waals surface area contributed by atoms with E-state index in [0.717, 1.165) is 64.3 Å². The highest BCUT2D eigenvalue weighted by molar-refractivity contribution is 7.25. The first-order valence-electron chi connectivity index (χ1n) is 24.4. The zero-order valence-electron chi connectivity index (χ0n) is 40.8. The number of rotatable bonds is 7. The molecule has 1 aromatic heterocycles. The van der Waals surface area contributed by atoms with Crippen molar-refractivity contribution in [3.05, 3.63) is 259 Å². The third kappa shape index (κ3) is 5.68. The van der Waals surface area contributed by atoms with Crippen molar-refractivity contribution in [2.24, 2.45) is 0 Å². The van der Waals surface area contributed by atoms with Crippen LogP contribution in [0.15, 0.2) is 236 Å². The summed E-state index contributed by atoms with van der Waals surface area (Å²) in [6, 6.07) is 58.9. The Morgan fingerprint density at radius 1 is 0.393 bits per heavy atom. The molecule has 1 aliphatic carbocycles. The predicted octanol–water partition coefficient (Wildman–Crippen LogP) is 16.4. The Bertz CT molecular complexity index is 3830. The molecule has 2 heteroatoms. The van der Waals surface area contributed by atoms with E-state index in [0.29, 0.717) is 16.8 Å². The largest absolute Gasteiger partial charge is 0.310 e. The highest BCUT2D eigenvalue weighted by Crippen LogP contribution is 2.57. The van der Waals surface area contributed by atoms with E-state index >= 15 is 0 Å². The third-order valence-electron chi connectivity index (χ3n) is 12.1. The van der Waals surface area contributed by atoms with Gasteiger partial charge in [0, 0.05) is 37.2 Å². The van der Waals surface area contributed by atoms with E-state index in [4.69, 9.17) is 0 Å². The normalized spacial score (nSPS) is 14.6. The van der Waals surface area contributed by atoms with Crippen LogP contribution >= 0.6 is 11.3 Å². The van der Waals surface area contributed by atoms with Gasteiger partial charge in [-0.2, -0.15) is 0 Å². The van der Waals surface area contributed by atoms with E-state index in [-0.39, 0.29) is 58.8 Å².